The molecule has 1 unspecified atom stereocenters. The van der Waals surface area contributed by atoms with Crippen LogP contribution in [0.5, 0.6) is 0 Å². The Hall–Kier alpha value is -0.940. The monoisotopic (exact) mass is 444 g/mol. The number of hydrogen-bond acceptors (Lipinski definition) is 3. The first-order chi connectivity index (χ1) is 10.8. The summed E-state index contributed by atoms with van der Waals surface area (Å²) < 4.78 is 0. The van der Waals surface area contributed by atoms with Crippen molar-refractivity contribution in [3.05, 3.63) is 35.4 Å². The molecule has 1 aromatic rings. The second-order valence-electron chi connectivity index (χ2n) is 5.33. The van der Waals surface area contributed by atoms with Crippen LogP contribution in [-0.4, -0.2) is 41.5 Å². The molecule has 1 heterocycles. The summed E-state index contributed by atoms with van der Waals surface area (Å²) in [4.78, 5) is 7.14. The lowest BCUT2D eigenvalue weighted by atomic mass is 10.1. The SMILES string of the molecule is CCNC(=NCc1ccc(C#N)cc1)N1CCSC(CC)C1.I. The van der Waals surface area contributed by atoms with Crippen LogP contribution >= 0.6 is 35.7 Å². The normalized spacial score (nSPS) is 18.0. The van der Waals surface area contributed by atoms with Crippen molar-refractivity contribution >= 4 is 41.7 Å². The topological polar surface area (TPSA) is 51.4 Å². The molecule has 6 heteroatoms. The minimum atomic E-state index is 0. The Bertz CT molecular complexity index is 539. The molecule has 0 spiro atoms. The molecule has 1 aromatic carbocycles. The highest BCUT2D eigenvalue weighted by Crippen LogP contribution is 2.21. The first kappa shape index (κ1) is 20.1. The van der Waals surface area contributed by atoms with Crippen molar-refractivity contribution in [2.24, 2.45) is 4.99 Å². The number of aliphatic imine (C=N–C) groups is 1. The van der Waals surface area contributed by atoms with E-state index in [-0.39, 0.29) is 24.0 Å². The van der Waals surface area contributed by atoms with E-state index in [1.165, 1.54) is 12.2 Å². The summed E-state index contributed by atoms with van der Waals surface area (Å²) in [5, 5.41) is 12.9. The van der Waals surface area contributed by atoms with Crippen LogP contribution in [0.15, 0.2) is 29.3 Å². The summed E-state index contributed by atoms with van der Waals surface area (Å²) in [6.45, 7) is 8.01. The lowest BCUT2D eigenvalue weighted by molar-refractivity contribution is 0.408. The molecule has 4 nitrogen and oxygen atoms in total. The van der Waals surface area contributed by atoms with Gasteiger partial charge in [0.05, 0.1) is 18.2 Å². The molecule has 126 valence electrons. The van der Waals surface area contributed by atoms with Crippen LogP contribution in [0.3, 0.4) is 0 Å². The average molecular weight is 444 g/mol. The van der Waals surface area contributed by atoms with Gasteiger partial charge in [-0.2, -0.15) is 17.0 Å². The number of nitrogens with zero attached hydrogens (tertiary/aromatic N) is 3. The zero-order valence-corrected chi connectivity index (χ0v) is 16.9. The van der Waals surface area contributed by atoms with E-state index in [0.29, 0.717) is 17.4 Å². The molecular formula is C17H25IN4S. The van der Waals surface area contributed by atoms with Gasteiger partial charge in [-0.05, 0) is 31.0 Å². The third-order valence-electron chi connectivity index (χ3n) is 3.72. The Labute approximate surface area is 160 Å². The summed E-state index contributed by atoms with van der Waals surface area (Å²) >= 11 is 2.07. The third kappa shape index (κ3) is 6.22. The van der Waals surface area contributed by atoms with Crippen molar-refractivity contribution in [1.82, 2.24) is 10.2 Å². The summed E-state index contributed by atoms with van der Waals surface area (Å²) in [7, 11) is 0. The summed E-state index contributed by atoms with van der Waals surface area (Å²) in [5.41, 5.74) is 1.83. The van der Waals surface area contributed by atoms with Crippen molar-refractivity contribution in [2.45, 2.75) is 32.1 Å². The van der Waals surface area contributed by atoms with Crippen LogP contribution < -0.4 is 5.32 Å². The quantitative estimate of drug-likeness (QED) is 0.439. The lowest BCUT2D eigenvalue weighted by Gasteiger charge is -2.34. The van der Waals surface area contributed by atoms with Gasteiger partial charge in [0.2, 0.25) is 0 Å². The molecule has 1 N–H and O–H groups in total. The van der Waals surface area contributed by atoms with E-state index < -0.39 is 0 Å². The maximum absolute atomic E-state index is 8.84. The Kier molecular flexibility index (Phi) is 9.41. The molecule has 0 aromatic heterocycles. The van der Waals surface area contributed by atoms with Gasteiger partial charge in [0, 0.05) is 30.6 Å². The standard InChI is InChI=1S/C17H24N4S.HI/c1-3-16-13-21(9-10-22-16)17(19-4-2)20-12-15-7-5-14(11-18)6-8-15;/h5-8,16H,3-4,9-10,12-13H2,1-2H3,(H,19,20);1H. The number of guanidine groups is 1. The summed E-state index contributed by atoms with van der Waals surface area (Å²) in [6.07, 6.45) is 1.20. The van der Waals surface area contributed by atoms with Crippen LogP contribution in [0.4, 0.5) is 0 Å². The van der Waals surface area contributed by atoms with E-state index in [2.05, 4.69) is 41.9 Å². The molecule has 0 saturated carbocycles. The largest absolute Gasteiger partial charge is 0.357 e. The second-order valence-corrected chi connectivity index (χ2v) is 6.73. The highest BCUT2D eigenvalue weighted by Gasteiger charge is 2.21. The second kappa shape index (κ2) is 10.8. The van der Waals surface area contributed by atoms with E-state index in [1.807, 2.05) is 24.3 Å². The number of nitriles is 1. The molecular weight excluding hydrogens is 419 g/mol. The van der Waals surface area contributed by atoms with Gasteiger partial charge in [0.1, 0.15) is 0 Å². The molecule has 1 saturated heterocycles. The average Bonchev–Trinajstić information content (AvgIpc) is 2.59. The Balaban J connectivity index is 0.00000264. The fourth-order valence-corrected chi connectivity index (χ4v) is 3.62. The number of thioether (sulfide) groups is 1. The molecule has 0 bridgehead atoms. The van der Waals surface area contributed by atoms with Gasteiger partial charge in [-0.3, -0.25) is 0 Å². The maximum Gasteiger partial charge on any atom is 0.194 e. The number of nitrogens with one attached hydrogen (secondary N) is 1. The first-order valence-corrected chi connectivity index (χ1v) is 8.95. The van der Waals surface area contributed by atoms with Crippen LogP contribution in [0.1, 0.15) is 31.4 Å². The van der Waals surface area contributed by atoms with Gasteiger partial charge in [0.15, 0.2) is 5.96 Å². The van der Waals surface area contributed by atoms with Gasteiger partial charge < -0.3 is 10.2 Å². The van der Waals surface area contributed by atoms with Gasteiger partial charge in [-0.15, -0.1) is 24.0 Å². The number of rotatable bonds is 4. The van der Waals surface area contributed by atoms with E-state index in [4.69, 9.17) is 10.3 Å². The molecule has 23 heavy (non-hydrogen) atoms. The van der Waals surface area contributed by atoms with E-state index in [9.17, 15) is 0 Å². The fourth-order valence-electron chi connectivity index (χ4n) is 2.44. The molecule has 0 amide bonds. The Morgan fingerprint density at radius 1 is 1.39 bits per heavy atom. The van der Waals surface area contributed by atoms with Crippen molar-refractivity contribution < 1.29 is 0 Å². The van der Waals surface area contributed by atoms with Crippen molar-refractivity contribution in [1.29, 1.82) is 5.26 Å². The van der Waals surface area contributed by atoms with Crippen LogP contribution in [0, 0.1) is 11.3 Å². The minimum Gasteiger partial charge on any atom is -0.357 e. The van der Waals surface area contributed by atoms with Gasteiger partial charge in [0.25, 0.3) is 0 Å². The smallest absolute Gasteiger partial charge is 0.194 e. The predicted molar refractivity (Wildman–Crippen MR) is 109 cm³/mol. The summed E-state index contributed by atoms with van der Waals surface area (Å²) in [6, 6.07) is 9.80. The molecule has 1 aliphatic heterocycles. The lowest BCUT2D eigenvalue weighted by Crippen LogP contribution is -2.48. The number of benzene rings is 1. The zero-order valence-electron chi connectivity index (χ0n) is 13.8. The Morgan fingerprint density at radius 3 is 2.74 bits per heavy atom. The summed E-state index contributed by atoms with van der Waals surface area (Å²) in [5.74, 6) is 2.17. The van der Waals surface area contributed by atoms with Crippen LogP contribution in [-0.2, 0) is 6.54 Å². The highest BCUT2D eigenvalue weighted by molar-refractivity contribution is 14.0. The van der Waals surface area contributed by atoms with E-state index in [1.54, 1.807) is 0 Å². The molecule has 1 atom stereocenters. The van der Waals surface area contributed by atoms with Crippen molar-refractivity contribution in [3.63, 3.8) is 0 Å². The van der Waals surface area contributed by atoms with E-state index in [0.717, 1.165) is 31.2 Å². The number of halogens is 1. The maximum atomic E-state index is 8.84. The van der Waals surface area contributed by atoms with E-state index >= 15 is 0 Å². The Morgan fingerprint density at radius 2 is 2.13 bits per heavy atom. The molecule has 0 aliphatic carbocycles. The number of hydrogen-bond donors (Lipinski definition) is 1. The third-order valence-corrected chi connectivity index (χ3v) is 5.10. The van der Waals surface area contributed by atoms with Crippen LogP contribution in [0.25, 0.3) is 0 Å². The molecule has 2 rings (SSSR count). The van der Waals surface area contributed by atoms with Gasteiger partial charge in [-0.25, -0.2) is 4.99 Å². The van der Waals surface area contributed by atoms with Gasteiger partial charge in [-0.1, -0.05) is 19.1 Å². The van der Waals surface area contributed by atoms with Gasteiger partial charge >= 0.3 is 0 Å². The predicted octanol–water partition coefficient (Wildman–Crippen LogP) is 3.47. The first-order valence-electron chi connectivity index (χ1n) is 7.90. The molecule has 0 radical (unpaired) electrons. The van der Waals surface area contributed by atoms with Crippen LogP contribution in [0.2, 0.25) is 0 Å². The zero-order chi connectivity index (χ0) is 15.8. The highest BCUT2D eigenvalue weighted by atomic mass is 127. The molecule has 1 fully saturated rings. The van der Waals surface area contributed by atoms with Crippen molar-refractivity contribution in [3.8, 4) is 6.07 Å². The minimum absolute atomic E-state index is 0. The van der Waals surface area contributed by atoms with Crippen molar-refractivity contribution in [2.75, 3.05) is 25.4 Å². The fraction of sp³-hybridized carbons (Fsp3) is 0.529. The molecule has 1 aliphatic rings.